The number of ether oxygens (including phenoxy) is 1. The number of nitrogens with one attached hydrogen (secondary N) is 1. The maximum absolute atomic E-state index is 12.7. The molecule has 0 aromatic carbocycles. The van der Waals surface area contributed by atoms with E-state index in [1.165, 1.54) is 4.90 Å². The van der Waals surface area contributed by atoms with Gasteiger partial charge in [-0.25, -0.2) is 4.79 Å². The summed E-state index contributed by atoms with van der Waals surface area (Å²) < 4.78 is 4.88. The molecule has 0 spiro atoms. The molecule has 2 amide bonds. The third-order valence-electron chi connectivity index (χ3n) is 4.13. The standard InChI is InChI=1S/C15H25N3O6/c1-3-24-13(22)10(5-6-12(20)21)17-14(23)15(2)7-4-8-18(15)11(19)9-16/h10H,3-9,16H2,1-2H3,(H,17,23)(H,20,21)/t10-,15-/m0/s1. The zero-order chi connectivity index (χ0) is 18.3. The predicted molar refractivity (Wildman–Crippen MR) is 83.8 cm³/mol. The van der Waals surface area contributed by atoms with Gasteiger partial charge in [0, 0.05) is 13.0 Å². The lowest BCUT2D eigenvalue weighted by atomic mass is 9.96. The minimum Gasteiger partial charge on any atom is -0.481 e. The van der Waals surface area contributed by atoms with Crippen molar-refractivity contribution in [2.75, 3.05) is 19.7 Å². The summed E-state index contributed by atoms with van der Waals surface area (Å²) in [4.78, 5) is 48.7. The Morgan fingerprint density at radius 1 is 1.38 bits per heavy atom. The van der Waals surface area contributed by atoms with Gasteiger partial charge in [0.15, 0.2) is 0 Å². The highest BCUT2D eigenvalue weighted by Crippen LogP contribution is 2.29. The number of hydrogen-bond acceptors (Lipinski definition) is 6. The van der Waals surface area contributed by atoms with Gasteiger partial charge in [0.2, 0.25) is 11.8 Å². The van der Waals surface area contributed by atoms with Gasteiger partial charge < -0.3 is 25.8 Å². The number of carboxylic acid groups (broad SMARTS) is 1. The molecule has 9 heteroatoms. The van der Waals surface area contributed by atoms with E-state index in [9.17, 15) is 19.2 Å². The van der Waals surface area contributed by atoms with Crippen molar-refractivity contribution in [2.24, 2.45) is 5.73 Å². The molecule has 0 aliphatic carbocycles. The van der Waals surface area contributed by atoms with Crippen molar-refractivity contribution in [3.05, 3.63) is 0 Å². The van der Waals surface area contributed by atoms with Gasteiger partial charge in [-0.15, -0.1) is 0 Å². The summed E-state index contributed by atoms with van der Waals surface area (Å²) in [5.41, 5.74) is 4.27. The van der Waals surface area contributed by atoms with Gasteiger partial charge in [0.25, 0.3) is 0 Å². The Balaban J connectivity index is 2.87. The fourth-order valence-electron chi connectivity index (χ4n) is 2.78. The van der Waals surface area contributed by atoms with Gasteiger partial charge in [-0.1, -0.05) is 0 Å². The van der Waals surface area contributed by atoms with Crippen LogP contribution in [-0.4, -0.2) is 65.0 Å². The molecule has 1 heterocycles. The number of nitrogens with zero attached hydrogens (tertiary/aromatic N) is 1. The van der Waals surface area contributed by atoms with Gasteiger partial charge in [-0.05, 0) is 33.1 Å². The van der Waals surface area contributed by atoms with E-state index in [2.05, 4.69) is 5.32 Å². The van der Waals surface area contributed by atoms with E-state index in [1.807, 2.05) is 0 Å². The first kappa shape index (κ1) is 19.9. The Hall–Kier alpha value is -2.16. The molecule has 1 rings (SSSR count). The Morgan fingerprint density at radius 2 is 2.04 bits per heavy atom. The lowest BCUT2D eigenvalue weighted by Gasteiger charge is -2.34. The van der Waals surface area contributed by atoms with Crippen LogP contribution in [0.5, 0.6) is 0 Å². The van der Waals surface area contributed by atoms with Crippen molar-refractivity contribution in [3.63, 3.8) is 0 Å². The molecule has 136 valence electrons. The first-order valence-corrected chi connectivity index (χ1v) is 7.96. The van der Waals surface area contributed by atoms with Gasteiger partial charge >= 0.3 is 11.9 Å². The molecule has 0 saturated carbocycles. The van der Waals surface area contributed by atoms with E-state index >= 15 is 0 Å². The van der Waals surface area contributed by atoms with Gasteiger partial charge in [-0.3, -0.25) is 14.4 Å². The molecular weight excluding hydrogens is 318 g/mol. The van der Waals surface area contributed by atoms with E-state index in [-0.39, 0.29) is 31.9 Å². The molecule has 0 aromatic rings. The minimum absolute atomic E-state index is 0.0825. The van der Waals surface area contributed by atoms with Crippen LogP contribution in [0, 0.1) is 0 Å². The van der Waals surface area contributed by atoms with Gasteiger partial charge in [0.1, 0.15) is 11.6 Å². The van der Waals surface area contributed by atoms with E-state index in [1.54, 1.807) is 13.8 Å². The summed E-state index contributed by atoms with van der Waals surface area (Å²) in [5.74, 6) is -2.62. The summed E-state index contributed by atoms with van der Waals surface area (Å²) in [5, 5.41) is 11.3. The second kappa shape index (κ2) is 8.62. The maximum atomic E-state index is 12.7. The second-order valence-corrected chi connectivity index (χ2v) is 5.84. The van der Waals surface area contributed by atoms with Crippen molar-refractivity contribution < 1.29 is 29.0 Å². The third kappa shape index (κ3) is 4.67. The molecule has 0 aromatic heterocycles. The maximum Gasteiger partial charge on any atom is 0.328 e. The fraction of sp³-hybridized carbons (Fsp3) is 0.733. The number of aliphatic carboxylic acids is 1. The predicted octanol–water partition coefficient (Wildman–Crippen LogP) is -0.761. The molecule has 1 aliphatic heterocycles. The molecule has 0 radical (unpaired) electrons. The van der Waals surface area contributed by atoms with Crippen LogP contribution in [0.1, 0.15) is 39.5 Å². The number of nitrogens with two attached hydrogens (primary N) is 1. The number of amides is 2. The first-order valence-electron chi connectivity index (χ1n) is 7.96. The van der Waals surface area contributed by atoms with E-state index in [0.29, 0.717) is 19.4 Å². The molecule has 2 atom stereocenters. The molecule has 0 unspecified atom stereocenters. The zero-order valence-corrected chi connectivity index (χ0v) is 14.0. The van der Waals surface area contributed by atoms with Gasteiger partial charge in [0.05, 0.1) is 13.2 Å². The second-order valence-electron chi connectivity index (χ2n) is 5.84. The van der Waals surface area contributed by atoms with Crippen molar-refractivity contribution in [2.45, 2.75) is 51.1 Å². The SMILES string of the molecule is CCOC(=O)[C@H](CCC(=O)O)NC(=O)[C@]1(C)CCCN1C(=O)CN. The average molecular weight is 343 g/mol. The number of carbonyl (C=O) groups excluding carboxylic acids is 3. The largest absolute Gasteiger partial charge is 0.481 e. The van der Waals surface area contributed by atoms with Crippen LogP contribution in [0.25, 0.3) is 0 Å². The number of carboxylic acids is 1. The van der Waals surface area contributed by atoms with Crippen LogP contribution in [0.15, 0.2) is 0 Å². The number of rotatable bonds is 8. The van der Waals surface area contributed by atoms with Crippen molar-refractivity contribution in [1.82, 2.24) is 10.2 Å². The first-order chi connectivity index (χ1) is 11.3. The Morgan fingerprint density at radius 3 is 2.58 bits per heavy atom. The molecule has 24 heavy (non-hydrogen) atoms. The summed E-state index contributed by atoms with van der Waals surface area (Å²) in [7, 11) is 0. The molecular formula is C15H25N3O6. The number of likely N-dealkylation sites (tertiary alicyclic amines) is 1. The topological polar surface area (TPSA) is 139 Å². The highest BCUT2D eigenvalue weighted by atomic mass is 16.5. The van der Waals surface area contributed by atoms with Crippen LogP contribution in [-0.2, 0) is 23.9 Å². The summed E-state index contributed by atoms with van der Waals surface area (Å²) in [6.45, 7) is 3.56. The molecule has 4 N–H and O–H groups in total. The Kier molecular flexibility index (Phi) is 7.15. The molecule has 9 nitrogen and oxygen atoms in total. The van der Waals surface area contributed by atoms with Crippen molar-refractivity contribution in [1.29, 1.82) is 0 Å². The van der Waals surface area contributed by atoms with Crippen molar-refractivity contribution in [3.8, 4) is 0 Å². The van der Waals surface area contributed by atoms with Crippen LogP contribution < -0.4 is 11.1 Å². The molecule has 0 bridgehead atoms. The van der Waals surface area contributed by atoms with E-state index in [0.717, 1.165) is 0 Å². The Bertz CT molecular complexity index is 509. The number of hydrogen-bond donors (Lipinski definition) is 3. The zero-order valence-electron chi connectivity index (χ0n) is 14.0. The van der Waals surface area contributed by atoms with Gasteiger partial charge in [-0.2, -0.15) is 0 Å². The smallest absolute Gasteiger partial charge is 0.328 e. The number of carbonyl (C=O) groups is 4. The third-order valence-corrected chi connectivity index (χ3v) is 4.13. The summed E-state index contributed by atoms with van der Waals surface area (Å²) in [6, 6.07) is -1.07. The fourth-order valence-corrected chi connectivity index (χ4v) is 2.78. The molecule has 1 aliphatic rings. The lowest BCUT2D eigenvalue weighted by Crippen LogP contribution is -2.59. The quantitative estimate of drug-likeness (QED) is 0.492. The molecule has 1 saturated heterocycles. The normalized spacial score (nSPS) is 21.2. The average Bonchev–Trinajstić information content (AvgIpc) is 2.93. The van der Waals surface area contributed by atoms with Crippen molar-refractivity contribution >= 4 is 23.8 Å². The van der Waals surface area contributed by atoms with Crippen LogP contribution in [0.4, 0.5) is 0 Å². The highest BCUT2D eigenvalue weighted by Gasteiger charge is 2.46. The van der Waals surface area contributed by atoms with E-state index in [4.69, 9.17) is 15.6 Å². The Labute approximate surface area is 140 Å². The monoisotopic (exact) mass is 343 g/mol. The highest BCUT2D eigenvalue weighted by molar-refractivity contribution is 5.94. The van der Waals surface area contributed by atoms with Crippen LogP contribution >= 0.6 is 0 Å². The minimum atomic E-state index is -1.11. The number of esters is 1. The van der Waals surface area contributed by atoms with Crippen LogP contribution in [0.3, 0.4) is 0 Å². The lowest BCUT2D eigenvalue weighted by molar-refractivity contribution is -0.150. The summed E-state index contributed by atoms with van der Waals surface area (Å²) >= 11 is 0. The molecule has 1 fully saturated rings. The summed E-state index contributed by atoms with van der Waals surface area (Å²) in [6.07, 6.45) is 0.723. The van der Waals surface area contributed by atoms with Crippen LogP contribution in [0.2, 0.25) is 0 Å². The van der Waals surface area contributed by atoms with E-state index < -0.39 is 29.4 Å².